The second-order valence-corrected chi connectivity index (χ2v) is 10.3. The molecule has 198 valence electrons. The first-order chi connectivity index (χ1) is 18.1. The van der Waals surface area contributed by atoms with Crippen molar-refractivity contribution in [2.24, 2.45) is 5.92 Å². The Labute approximate surface area is 215 Å². The lowest BCUT2D eigenvalue weighted by molar-refractivity contribution is -0.104. The lowest BCUT2D eigenvalue weighted by Crippen LogP contribution is -2.51. The minimum atomic E-state index is -0.314. The molecular weight excluding hydrogens is 477 g/mol. The Kier molecular flexibility index (Phi) is 6.64. The molecular formula is C27H34FN5O4. The molecule has 9 nitrogen and oxygen atoms in total. The maximum absolute atomic E-state index is 15.5. The van der Waals surface area contributed by atoms with Crippen LogP contribution in [0.2, 0.25) is 0 Å². The molecule has 1 unspecified atom stereocenters. The number of allylic oxidation sites excluding steroid dienone is 3. The van der Waals surface area contributed by atoms with Crippen LogP contribution in [0, 0.1) is 5.92 Å². The van der Waals surface area contributed by atoms with Crippen molar-refractivity contribution in [3.05, 3.63) is 48.1 Å². The first kappa shape index (κ1) is 24.4. The number of carbonyl (C=O) groups is 1. The summed E-state index contributed by atoms with van der Waals surface area (Å²) in [5, 5.41) is 7.85. The van der Waals surface area contributed by atoms with E-state index in [0.717, 1.165) is 42.7 Å². The fourth-order valence-corrected chi connectivity index (χ4v) is 5.91. The highest BCUT2D eigenvalue weighted by atomic mass is 19.1. The molecule has 0 spiro atoms. The zero-order valence-electron chi connectivity index (χ0n) is 21.2. The third kappa shape index (κ3) is 4.62. The van der Waals surface area contributed by atoms with Gasteiger partial charge in [-0.3, -0.25) is 0 Å². The summed E-state index contributed by atoms with van der Waals surface area (Å²) in [6.07, 6.45) is 9.40. The number of hydrogen-bond acceptors (Lipinski definition) is 7. The highest BCUT2D eigenvalue weighted by Crippen LogP contribution is 2.42. The Morgan fingerprint density at radius 1 is 1.22 bits per heavy atom. The highest BCUT2D eigenvalue weighted by Gasteiger charge is 2.40. The molecule has 2 aromatic rings. The van der Waals surface area contributed by atoms with Gasteiger partial charge in [0.05, 0.1) is 30.0 Å². The van der Waals surface area contributed by atoms with E-state index in [-0.39, 0.29) is 29.5 Å². The highest BCUT2D eigenvalue weighted by molar-refractivity contribution is 5.83. The lowest BCUT2D eigenvalue weighted by Gasteiger charge is -2.42. The second kappa shape index (κ2) is 10.1. The Balaban J connectivity index is 1.17. The molecule has 1 amide bonds. The number of rotatable bonds is 5. The van der Waals surface area contributed by atoms with Gasteiger partial charge in [-0.05, 0) is 38.1 Å². The van der Waals surface area contributed by atoms with Gasteiger partial charge in [-0.15, -0.1) is 0 Å². The van der Waals surface area contributed by atoms with Gasteiger partial charge in [-0.2, -0.15) is 5.10 Å². The summed E-state index contributed by atoms with van der Waals surface area (Å²) < 4.78 is 33.8. The quantitative estimate of drug-likeness (QED) is 0.661. The lowest BCUT2D eigenvalue weighted by atomic mass is 9.75. The Morgan fingerprint density at radius 2 is 2.00 bits per heavy atom. The van der Waals surface area contributed by atoms with Gasteiger partial charge in [-0.1, -0.05) is 12.2 Å². The van der Waals surface area contributed by atoms with E-state index in [0.29, 0.717) is 51.4 Å². The van der Waals surface area contributed by atoms with Crippen molar-refractivity contribution < 1.29 is 23.4 Å². The molecule has 0 aromatic carbocycles. The van der Waals surface area contributed by atoms with Crippen LogP contribution in [0.4, 0.5) is 14.9 Å². The number of nitrogens with one attached hydrogen (secondary N) is 1. The van der Waals surface area contributed by atoms with Crippen molar-refractivity contribution >= 4 is 22.9 Å². The molecule has 0 bridgehead atoms. The van der Waals surface area contributed by atoms with E-state index in [1.165, 1.54) is 0 Å². The van der Waals surface area contributed by atoms with Gasteiger partial charge in [0, 0.05) is 69.2 Å². The normalized spacial score (nSPS) is 24.4. The maximum atomic E-state index is 15.5. The molecule has 1 atom stereocenters. The predicted octanol–water partition coefficient (Wildman–Crippen LogP) is 3.02. The Hall–Kier alpha value is -2.95. The largest absolute Gasteiger partial charge is 0.441 e. The van der Waals surface area contributed by atoms with E-state index in [9.17, 15) is 4.79 Å². The first-order valence-corrected chi connectivity index (χ1v) is 13.1. The van der Waals surface area contributed by atoms with E-state index in [1.807, 2.05) is 28.9 Å². The number of methoxy groups -OCH3 is 1. The molecule has 0 radical (unpaired) electrons. The Morgan fingerprint density at radius 3 is 2.68 bits per heavy atom. The summed E-state index contributed by atoms with van der Waals surface area (Å²) in [4.78, 5) is 16.4. The molecule has 0 saturated carbocycles. The van der Waals surface area contributed by atoms with Gasteiger partial charge in [0.2, 0.25) is 0 Å². The summed E-state index contributed by atoms with van der Waals surface area (Å²) >= 11 is 0. The van der Waals surface area contributed by atoms with Crippen LogP contribution < -0.4 is 10.2 Å². The standard InChI is InChI=1S/C27H34FN5O4/c1-35-27(5-8-29-9-6-27)20-2-3-22(23(28)15-20)19-14-25-24(4-7-30-33(25)16-19)31-10-12-32(13-11-31)26(34)37-21-17-36-18-21/h2-4,7,14,16,20-21,29H,5-6,8-13,15,17-18H2,1H3. The van der Waals surface area contributed by atoms with Crippen molar-refractivity contribution in [2.45, 2.75) is 31.0 Å². The minimum Gasteiger partial charge on any atom is -0.441 e. The van der Waals surface area contributed by atoms with E-state index < -0.39 is 0 Å². The average molecular weight is 512 g/mol. The molecule has 37 heavy (non-hydrogen) atoms. The number of ether oxygens (including phenoxy) is 3. The fraction of sp³-hybridized carbons (Fsp3) is 0.556. The van der Waals surface area contributed by atoms with Gasteiger partial charge < -0.3 is 29.3 Å². The molecule has 5 heterocycles. The van der Waals surface area contributed by atoms with Crippen molar-refractivity contribution in [3.8, 4) is 0 Å². The number of nitrogens with zero attached hydrogens (tertiary/aromatic N) is 4. The van der Waals surface area contributed by atoms with Crippen molar-refractivity contribution in [2.75, 3.05) is 64.5 Å². The first-order valence-electron chi connectivity index (χ1n) is 13.1. The molecule has 3 aliphatic heterocycles. The summed E-state index contributed by atoms with van der Waals surface area (Å²) in [6, 6.07) is 3.99. The summed E-state index contributed by atoms with van der Waals surface area (Å²) in [5.74, 6) is -0.0854. The molecule has 3 fully saturated rings. The SMILES string of the molecule is COC1(C2C=CC(c3cc4c(N5CCN(C(=O)OC6COC6)CC5)ccnn4c3)=C(F)C2)CCNCC1. The third-order valence-electron chi connectivity index (χ3n) is 8.27. The van der Waals surface area contributed by atoms with E-state index in [4.69, 9.17) is 14.2 Å². The van der Waals surface area contributed by atoms with E-state index in [2.05, 4.69) is 21.4 Å². The number of aromatic nitrogens is 2. The number of amides is 1. The fourth-order valence-electron chi connectivity index (χ4n) is 5.91. The molecule has 1 aliphatic carbocycles. The number of piperidine rings is 1. The number of halogens is 1. The summed E-state index contributed by atoms with van der Waals surface area (Å²) in [6.45, 7) is 5.27. The Bertz CT molecular complexity index is 1210. The van der Waals surface area contributed by atoms with Gasteiger partial charge in [0.15, 0.2) is 6.10 Å². The van der Waals surface area contributed by atoms with E-state index >= 15 is 4.39 Å². The maximum Gasteiger partial charge on any atom is 0.410 e. The van der Waals surface area contributed by atoms with Crippen LogP contribution in [0.1, 0.15) is 24.8 Å². The molecule has 6 rings (SSSR count). The average Bonchev–Trinajstić information content (AvgIpc) is 3.35. The van der Waals surface area contributed by atoms with Gasteiger partial charge in [-0.25, -0.2) is 13.7 Å². The van der Waals surface area contributed by atoms with Crippen molar-refractivity contribution in [1.82, 2.24) is 19.8 Å². The second-order valence-electron chi connectivity index (χ2n) is 10.3. The van der Waals surface area contributed by atoms with Crippen LogP contribution in [-0.4, -0.2) is 91.9 Å². The van der Waals surface area contributed by atoms with Crippen LogP contribution in [0.3, 0.4) is 0 Å². The predicted molar refractivity (Wildman–Crippen MR) is 137 cm³/mol. The zero-order valence-corrected chi connectivity index (χ0v) is 21.2. The monoisotopic (exact) mass is 511 g/mol. The number of piperazine rings is 1. The minimum absolute atomic E-state index is 0.0221. The van der Waals surface area contributed by atoms with Crippen LogP contribution in [0.15, 0.2) is 42.5 Å². The molecule has 2 aromatic heterocycles. The van der Waals surface area contributed by atoms with Gasteiger partial charge in [0.1, 0.15) is 5.83 Å². The molecule has 10 heteroatoms. The van der Waals surface area contributed by atoms with E-state index in [1.54, 1.807) is 18.2 Å². The van der Waals surface area contributed by atoms with Crippen molar-refractivity contribution in [3.63, 3.8) is 0 Å². The smallest absolute Gasteiger partial charge is 0.410 e. The summed E-state index contributed by atoms with van der Waals surface area (Å²) in [7, 11) is 1.75. The number of anilines is 1. The number of fused-ring (bicyclic) bond motifs is 1. The van der Waals surface area contributed by atoms with Crippen LogP contribution >= 0.6 is 0 Å². The summed E-state index contributed by atoms with van der Waals surface area (Å²) in [5.41, 5.74) is 3.05. The molecule has 4 aliphatic rings. The van der Waals surface area contributed by atoms with Crippen LogP contribution in [-0.2, 0) is 14.2 Å². The number of hydrogen-bond donors (Lipinski definition) is 1. The molecule has 3 saturated heterocycles. The van der Waals surface area contributed by atoms with Gasteiger partial charge in [0.25, 0.3) is 0 Å². The topological polar surface area (TPSA) is 80.6 Å². The molecule has 1 N–H and O–H groups in total. The number of carbonyl (C=O) groups excluding carboxylic acids is 1. The third-order valence-corrected chi connectivity index (χ3v) is 8.27. The zero-order chi connectivity index (χ0) is 25.4. The van der Waals surface area contributed by atoms with Crippen LogP contribution in [0.25, 0.3) is 11.1 Å². The van der Waals surface area contributed by atoms with Crippen molar-refractivity contribution in [1.29, 1.82) is 0 Å². The van der Waals surface area contributed by atoms with Gasteiger partial charge >= 0.3 is 6.09 Å². The van der Waals surface area contributed by atoms with Crippen LogP contribution in [0.5, 0.6) is 0 Å².